The molecule has 2 saturated carbocycles. The van der Waals surface area contributed by atoms with Gasteiger partial charge in [-0.2, -0.15) is 9.15 Å². The monoisotopic (exact) mass is 992 g/mol. The van der Waals surface area contributed by atoms with Crippen molar-refractivity contribution in [2.24, 2.45) is 11.8 Å². The summed E-state index contributed by atoms with van der Waals surface area (Å²) in [7, 11) is 7.65. The first-order chi connectivity index (χ1) is 34.7. The number of carbonyl (C=O) groups is 8. The largest absolute Gasteiger partial charge is 0.347 e. The molecular weight excluding hydrogens is 937 g/mol. The van der Waals surface area contributed by atoms with E-state index < -0.39 is 69.2 Å². The number of rotatable bonds is 4. The lowest BCUT2D eigenvalue weighted by atomic mass is 9.67. The molecule has 2 unspecified atom stereocenters. The van der Waals surface area contributed by atoms with E-state index >= 15 is 0 Å². The quantitative estimate of drug-likeness (QED) is 0.139. The Kier molecular flexibility index (Phi) is 10.1. The van der Waals surface area contributed by atoms with E-state index in [1.165, 1.54) is 0 Å². The predicted octanol–water partition coefficient (Wildman–Crippen LogP) is 5.90. The van der Waals surface area contributed by atoms with Gasteiger partial charge in [-0.1, -0.05) is 64.1 Å². The number of fused-ring (bicyclic) bond motifs is 4. The molecule has 11 rings (SSSR count). The third-order valence-electron chi connectivity index (χ3n) is 16.9. The number of hydrogen-bond acceptors (Lipinski definition) is 10. The zero-order chi connectivity index (χ0) is 53.2. The van der Waals surface area contributed by atoms with Gasteiger partial charge in [-0.05, 0) is 74.3 Å². The highest BCUT2D eigenvalue weighted by Gasteiger charge is 2.55. The molecule has 0 radical (unpaired) electrons. The second-order valence-electron chi connectivity index (χ2n) is 22.4. The second kappa shape index (κ2) is 15.6. The van der Waals surface area contributed by atoms with Gasteiger partial charge in [0.1, 0.15) is 25.2 Å². The van der Waals surface area contributed by atoms with Gasteiger partial charge in [0.25, 0.3) is 23.6 Å². The van der Waals surface area contributed by atoms with Crippen LogP contribution in [0, 0.1) is 11.8 Å². The van der Waals surface area contributed by atoms with Gasteiger partial charge in [-0.15, -0.1) is 0 Å². The van der Waals surface area contributed by atoms with E-state index in [0.29, 0.717) is 0 Å². The van der Waals surface area contributed by atoms with Crippen molar-refractivity contribution in [1.82, 2.24) is 21.3 Å². The number of amides is 8. The molecule has 4 fully saturated rings. The van der Waals surface area contributed by atoms with Gasteiger partial charge in [0.2, 0.25) is 11.4 Å². The number of benzene rings is 3. The van der Waals surface area contributed by atoms with Crippen molar-refractivity contribution in [2.45, 2.75) is 77.0 Å². The van der Waals surface area contributed by atoms with Gasteiger partial charge >= 0.3 is 12.1 Å². The third kappa shape index (κ3) is 6.38. The van der Waals surface area contributed by atoms with E-state index in [0.717, 1.165) is 67.8 Å². The molecule has 0 spiro atoms. The molecule has 374 valence electrons. The molecule has 8 amide bonds. The molecule has 3 aromatic carbocycles. The highest BCUT2D eigenvalue weighted by atomic mass is 16.2. The van der Waals surface area contributed by atoms with Crippen LogP contribution < -0.4 is 31.1 Å². The van der Waals surface area contributed by atoms with Gasteiger partial charge in [0, 0.05) is 94.3 Å². The Morgan fingerprint density at radius 3 is 1.12 bits per heavy atom. The Hall–Kier alpha value is -8.40. The number of para-hydroxylation sites is 2. The highest BCUT2D eigenvalue weighted by molar-refractivity contribution is 6.34. The Bertz CT molecular complexity index is 3340. The minimum Gasteiger partial charge on any atom is -0.347 e. The number of nitrogens with one attached hydrogen (secondary N) is 4. The summed E-state index contributed by atoms with van der Waals surface area (Å²) >= 11 is 0. The number of anilines is 2. The molecule has 74 heavy (non-hydrogen) atoms. The van der Waals surface area contributed by atoms with E-state index in [1.54, 1.807) is 12.2 Å². The van der Waals surface area contributed by atoms with Gasteiger partial charge < -0.3 is 9.80 Å². The Balaban J connectivity index is 0.984. The number of barbiturate groups is 2. The smallest absolute Gasteiger partial charge is 0.328 e. The van der Waals surface area contributed by atoms with Crippen LogP contribution in [0.4, 0.5) is 32.3 Å². The normalized spacial score (nSPS) is 26.2. The minimum atomic E-state index is -0.964. The van der Waals surface area contributed by atoms with Crippen LogP contribution in [0.5, 0.6) is 0 Å². The molecule has 0 aromatic heterocycles. The standard InChI is InChI=1S/C58H54N8O8/c1-55(2)31-17-13-15-19-35(31)63(9)39(55)21-27-43(45-49(69)59-53(73)60-50(45)70)29(47(27)67)23-41-57(5,6)33-25-38-34(26-37(33)65(41)11)58(7,8)42(66(38)12)24-30-44(46-51(71)61-54(74)62-52(46)72)28(48(30)68)22-40-56(3,4)32-18-14-16-20-36(32)64(40)10/h13-28H,1-12H3,(H2-2,59,60,61,62,69,70,71,72,73,74)/p+2/b29-23-,30-24-,39-21-,40-22-. The summed E-state index contributed by atoms with van der Waals surface area (Å²) < 4.78 is 4.01. The molecule has 4 N–H and O–H groups in total. The fraction of sp³-hybridized carbons (Fsp3) is 0.310. The number of carbonyl (C=O) groups excluding carboxylic acids is 8. The number of hydrogen-bond donors (Lipinski definition) is 4. The molecule has 3 aromatic rings. The summed E-state index contributed by atoms with van der Waals surface area (Å²) in [5.74, 6) is -6.02. The van der Waals surface area contributed by atoms with Crippen molar-refractivity contribution in [3.63, 3.8) is 0 Å². The highest BCUT2D eigenvalue weighted by Crippen LogP contribution is 2.54. The predicted molar refractivity (Wildman–Crippen MR) is 277 cm³/mol. The van der Waals surface area contributed by atoms with E-state index in [9.17, 15) is 38.4 Å². The first-order valence-electron chi connectivity index (χ1n) is 24.6. The summed E-state index contributed by atoms with van der Waals surface area (Å²) in [6.45, 7) is 16.4. The van der Waals surface area contributed by atoms with Crippen LogP contribution in [0.2, 0.25) is 0 Å². The molecular formula is C58H56N8O8+2. The average molecular weight is 993 g/mol. The molecule has 16 nitrogen and oxygen atoms in total. The minimum absolute atomic E-state index is 0.189. The molecule has 2 atom stereocenters. The summed E-state index contributed by atoms with van der Waals surface area (Å²) in [6.07, 6.45) is 7.17. The molecule has 0 bridgehead atoms. The first-order valence-corrected chi connectivity index (χ1v) is 24.6. The zero-order valence-electron chi connectivity index (χ0n) is 43.3. The molecule has 8 aliphatic rings. The van der Waals surface area contributed by atoms with Crippen molar-refractivity contribution in [1.29, 1.82) is 0 Å². The lowest BCUT2D eigenvalue weighted by molar-refractivity contribution is -0.404. The van der Waals surface area contributed by atoms with E-state index in [-0.39, 0.29) is 45.0 Å². The van der Waals surface area contributed by atoms with Crippen molar-refractivity contribution in [2.75, 3.05) is 38.0 Å². The summed E-state index contributed by atoms with van der Waals surface area (Å²) in [4.78, 5) is 112. The van der Waals surface area contributed by atoms with Crippen molar-refractivity contribution in [3.8, 4) is 0 Å². The van der Waals surface area contributed by atoms with Gasteiger partial charge in [-0.3, -0.25) is 50.0 Å². The zero-order valence-corrected chi connectivity index (χ0v) is 43.3. The van der Waals surface area contributed by atoms with E-state index in [1.807, 2.05) is 136 Å². The molecule has 6 aliphatic heterocycles. The van der Waals surface area contributed by atoms with Crippen LogP contribution in [0.15, 0.2) is 130 Å². The maximum atomic E-state index is 14.7. The second-order valence-corrected chi connectivity index (χ2v) is 22.4. The molecule has 16 heteroatoms. The van der Waals surface area contributed by atoms with Gasteiger partial charge in [-0.25, -0.2) is 9.59 Å². The van der Waals surface area contributed by atoms with Crippen LogP contribution in [0.3, 0.4) is 0 Å². The topological polar surface area (TPSA) is 197 Å². The Morgan fingerprint density at radius 2 is 0.797 bits per heavy atom. The van der Waals surface area contributed by atoms with Crippen LogP contribution in [-0.4, -0.2) is 96.0 Å². The molecule has 6 heterocycles. The number of allylic oxidation sites excluding steroid dienone is 10. The van der Waals surface area contributed by atoms with Crippen molar-refractivity contribution in [3.05, 3.63) is 152 Å². The van der Waals surface area contributed by atoms with Crippen LogP contribution in [0.1, 0.15) is 77.6 Å². The summed E-state index contributed by atoms with van der Waals surface area (Å²) in [6, 6.07) is 18.2. The van der Waals surface area contributed by atoms with Gasteiger partial charge in [0.15, 0.2) is 23.0 Å². The Labute approximate surface area is 427 Å². The van der Waals surface area contributed by atoms with Crippen molar-refractivity contribution < 1.29 is 47.5 Å². The third-order valence-corrected chi connectivity index (χ3v) is 16.9. The fourth-order valence-corrected chi connectivity index (χ4v) is 12.9. The van der Waals surface area contributed by atoms with E-state index in [2.05, 4.69) is 61.1 Å². The summed E-state index contributed by atoms with van der Waals surface area (Å²) in [5.41, 5.74) is 8.47. The number of likely N-dealkylation sites (N-methyl/N-ethyl adjacent to an activating group) is 2. The lowest BCUT2D eigenvalue weighted by Gasteiger charge is -2.35. The van der Waals surface area contributed by atoms with Crippen molar-refractivity contribution >= 4 is 81.4 Å². The summed E-state index contributed by atoms with van der Waals surface area (Å²) in [5, 5.41) is 8.81. The SMILES string of the molecule is CN1/C(=C\C2C(=O)/C(=C\C3=[N+](C)c4cc5c(cc4C3(C)C)[N+](C)=C(/C=C3\C(=O)C(/C=C4\N(C)c6ccccc6C4(C)C)C3=C3C(=O)NC(=O)NC3=O)C5(C)C)C2=C2C(=O)NC(=O)NC2=O)C(C)(C)c2ccccc21. The van der Waals surface area contributed by atoms with Gasteiger partial charge in [0.05, 0.1) is 22.7 Å². The maximum Gasteiger partial charge on any atom is 0.328 e. The number of ketones is 2. The number of imide groups is 4. The van der Waals surface area contributed by atoms with Crippen LogP contribution in [-0.2, 0) is 50.4 Å². The average Bonchev–Trinajstić information content (AvgIpc) is 3.82. The first kappa shape index (κ1) is 47.9. The lowest BCUT2D eigenvalue weighted by Crippen LogP contribution is -2.53. The molecule has 2 aliphatic carbocycles. The fourth-order valence-electron chi connectivity index (χ4n) is 12.9. The Morgan fingerprint density at radius 1 is 0.473 bits per heavy atom. The molecule has 2 saturated heterocycles. The van der Waals surface area contributed by atoms with Crippen LogP contribution >= 0.6 is 0 Å². The maximum absolute atomic E-state index is 14.7. The van der Waals surface area contributed by atoms with E-state index in [4.69, 9.17) is 0 Å². The number of Topliss-reactive ketones (excluding diaryl/α,β-unsaturated/α-hetero) is 2. The number of urea groups is 2. The number of nitrogens with zero attached hydrogens (tertiary/aromatic N) is 4. The van der Waals surface area contributed by atoms with Crippen LogP contribution in [0.25, 0.3) is 0 Å².